The molecular formula is C13H23N3O5S. The van der Waals surface area contributed by atoms with Gasteiger partial charge in [-0.3, -0.25) is 0 Å². The van der Waals surface area contributed by atoms with E-state index in [4.69, 9.17) is 9.47 Å². The number of thiol groups is 1. The lowest BCUT2D eigenvalue weighted by Crippen LogP contribution is -2.41. The number of ether oxygens (including phenoxy) is 2. The van der Waals surface area contributed by atoms with Gasteiger partial charge in [0, 0.05) is 19.7 Å². The van der Waals surface area contributed by atoms with E-state index in [9.17, 15) is 14.4 Å². The van der Waals surface area contributed by atoms with Crippen LogP contribution < -0.4 is 10.6 Å². The van der Waals surface area contributed by atoms with Gasteiger partial charge in [0.2, 0.25) is 0 Å². The highest BCUT2D eigenvalue weighted by Crippen LogP contribution is 1.88. The Labute approximate surface area is 135 Å². The number of nitrogens with one attached hydrogen (secondary N) is 2. The molecule has 0 unspecified atom stereocenters. The summed E-state index contributed by atoms with van der Waals surface area (Å²) in [5.74, 6) is 0.144. The number of alkyl carbamates (subject to hydrolysis) is 1. The molecule has 3 amide bonds. The summed E-state index contributed by atoms with van der Waals surface area (Å²) in [7, 11) is 1.56. The topological polar surface area (TPSA) is 97.0 Å². The van der Waals surface area contributed by atoms with Crippen LogP contribution in [0, 0.1) is 0 Å². The number of hydrogen-bond donors (Lipinski definition) is 3. The summed E-state index contributed by atoms with van der Waals surface area (Å²) in [6.07, 6.45) is 1.29. The molecule has 2 N–H and O–H groups in total. The number of hydrogen-bond acceptors (Lipinski definition) is 6. The highest BCUT2D eigenvalue weighted by atomic mass is 32.1. The van der Waals surface area contributed by atoms with Crippen molar-refractivity contribution in [2.75, 3.05) is 45.6 Å². The number of urea groups is 1. The van der Waals surface area contributed by atoms with Crippen LogP contribution in [0.2, 0.25) is 0 Å². The van der Waals surface area contributed by atoms with E-state index in [-0.39, 0.29) is 32.3 Å². The summed E-state index contributed by atoms with van der Waals surface area (Å²) in [5.41, 5.74) is 0. The van der Waals surface area contributed by atoms with Crippen LogP contribution >= 0.6 is 12.6 Å². The Hall–Kier alpha value is -1.90. The standard InChI is InChI=1S/C13H23N3O5S/c1-3-11(17)20-8-6-14-12(18)16(2)7-9-21-13(19)15-5-4-10-22/h3,22H,1,4-10H2,2H3,(H,14,18)(H,15,19). The molecule has 0 rings (SSSR count). The first-order valence-electron chi connectivity index (χ1n) is 6.81. The summed E-state index contributed by atoms with van der Waals surface area (Å²) < 4.78 is 9.61. The van der Waals surface area contributed by atoms with Gasteiger partial charge in [-0.05, 0) is 12.2 Å². The number of rotatable bonds is 10. The zero-order valence-corrected chi connectivity index (χ0v) is 13.6. The number of nitrogens with zero attached hydrogens (tertiary/aromatic N) is 1. The molecule has 9 heteroatoms. The third kappa shape index (κ3) is 10.8. The molecule has 0 fully saturated rings. The largest absolute Gasteiger partial charge is 0.461 e. The molecule has 8 nitrogen and oxygen atoms in total. The Morgan fingerprint density at radius 1 is 1.18 bits per heavy atom. The number of carbonyl (C=O) groups excluding carboxylic acids is 3. The smallest absolute Gasteiger partial charge is 0.407 e. The molecule has 0 bridgehead atoms. The van der Waals surface area contributed by atoms with Crippen molar-refractivity contribution in [2.45, 2.75) is 6.42 Å². The van der Waals surface area contributed by atoms with E-state index in [1.165, 1.54) is 4.90 Å². The maximum atomic E-state index is 11.6. The fourth-order valence-electron chi connectivity index (χ4n) is 1.20. The molecule has 126 valence electrons. The van der Waals surface area contributed by atoms with Gasteiger partial charge in [-0.1, -0.05) is 6.58 Å². The average Bonchev–Trinajstić information content (AvgIpc) is 2.51. The van der Waals surface area contributed by atoms with Crippen molar-refractivity contribution in [3.05, 3.63) is 12.7 Å². The Morgan fingerprint density at radius 3 is 2.55 bits per heavy atom. The lowest BCUT2D eigenvalue weighted by atomic mass is 10.5. The van der Waals surface area contributed by atoms with E-state index < -0.39 is 12.1 Å². The third-order valence-electron chi connectivity index (χ3n) is 2.40. The van der Waals surface area contributed by atoms with Gasteiger partial charge in [0.1, 0.15) is 13.2 Å². The van der Waals surface area contributed by atoms with Crippen molar-refractivity contribution in [3.63, 3.8) is 0 Å². The summed E-state index contributed by atoms with van der Waals surface area (Å²) >= 11 is 4.02. The van der Waals surface area contributed by atoms with Crippen LogP contribution in [0.4, 0.5) is 9.59 Å². The van der Waals surface area contributed by atoms with E-state index in [0.717, 1.165) is 12.5 Å². The van der Waals surface area contributed by atoms with Crippen LogP contribution in [-0.2, 0) is 14.3 Å². The fraction of sp³-hybridized carbons (Fsp3) is 0.615. The van der Waals surface area contributed by atoms with Crippen LogP contribution in [0.25, 0.3) is 0 Å². The minimum atomic E-state index is -0.542. The summed E-state index contributed by atoms with van der Waals surface area (Å²) in [6, 6.07) is -0.353. The maximum absolute atomic E-state index is 11.6. The first-order valence-corrected chi connectivity index (χ1v) is 7.44. The first kappa shape index (κ1) is 20.1. The molecule has 0 aromatic carbocycles. The third-order valence-corrected chi connectivity index (χ3v) is 2.72. The second-order valence-electron chi connectivity index (χ2n) is 4.16. The van der Waals surface area contributed by atoms with E-state index in [1.54, 1.807) is 7.05 Å². The zero-order valence-electron chi connectivity index (χ0n) is 12.7. The zero-order chi connectivity index (χ0) is 16.8. The van der Waals surface area contributed by atoms with E-state index in [1.807, 2.05) is 0 Å². The van der Waals surface area contributed by atoms with Gasteiger partial charge in [0.15, 0.2) is 0 Å². The monoisotopic (exact) mass is 333 g/mol. The molecule has 0 heterocycles. The Morgan fingerprint density at radius 2 is 1.91 bits per heavy atom. The van der Waals surface area contributed by atoms with Crippen molar-refractivity contribution in [2.24, 2.45) is 0 Å². The van der Waals surface area contributed by atoms with Crippen LogP contribution in [0.1, 0.15) is 6.42 Å². The molecule has 0 saturated heterocycles. The molecule has 0 aromatic heterocycles. The molecule has 22 heavy (non-hydrogen) atoms. The molecule has 0 saturated carbocycles. The van der Waals surface area contributed by atoms with Crippen LogP contribution in [0.5, 0.6) is 0 Å². The van der Waals surface area contributed by atoms with Gasteiger partial charge in [0.05, 0.1) is 13.1 Å². The number of esters is 1. The van der Waals surface area contributed by atoms with Gasteiger partial charge >= 0.3 is 18.1 Å². The number of amides is 3. The van der Waals surface area contributed by atoms with Crippen LogP contribution in [-0.4, -0.2) is 68.6 Å². The number of likely N-dealkylation sites (N-methyl/N-ethyl adjacent to an activating group) is 1. The highest BCUT2D eigenvalue weighted by Gasteiger charge is 2.09. The molecule has 0 spiro atoms. The Balaban J connectivity index is 3.67. The summed E-state index contributed by atoms with van der Waals surface area (Å²) in [5, 5.41) is 5.11. The maximum Gasteiger partial charge on any atom is 0.407 e. The lowest BCUT2D eigenvalue weighted by Gasteiger charge is -2.17. The van der Waals surface area contributed by atoms with Gasteiger partial charge in [-0.15, -0.1) is 0 Å². The molecule has 0 aliphatic heterocycles. The van der Waals surface area contributed by atoms with E-state index in [0.29, 0.717) is 12.3 Å². The van der Waals surface area contributed by atoms with Crippen molar-refractivity contribution in [3.8, 4) is 0 Å². The molecule has 0 aliphatic rings. The van der Waals surface area contributed by atoms with E-state index >= 15 is 0 Å². The quantitative estimate of drug-likeness (QED) is 0.233. The van der Waals surface area contributed by atoms with Crippen LogP contribution in [0.3, 0.4) is 0 Å². The summed E-state index contributed by atoms with van der Waals surface area (Å²) in [6.45, 7) is 4.34. The normalized spacial score (nSPS) is 9.55. The average molecular weight is 333 g/mol. The van der Waals surface area contributed by atoms with Crippen molar-refractivity contribution in [1.82, 2.24) is 15.5 Å². The summed E-state index contributed by atoms with van der Waals surface area (Å²) in [4.78, 5) is 35.0. The minimum absolute atomic E-state index is 0.0640. The van der Waals surface area contributed by atoms with Gasteiger partial charge in [-0.2, -0.15) is 12.6 Å². The minimum Gasteiger partial charge on any atom is -0.461 e. The second-order valence-corrected chi connectivity index (χ2v) is 4.61. The molecule has 0 radical (unpaired) electrons. The Kier molecular flexibility index (Phi) is 11.7. The van der Waals surface area contributed by atoms with Crippen LogP contribution in [0.15, 0.2) is 12.7 Å². The lowest BCUT2D eigenvalue weighted by molar-refractivity contribution is -0.137. The van der Waals surface area contributed by atoms with Gasteiger partial charge in [-0.25, -0.2) is 14.4 Å². The number of carbonyl (C=O) groups is 3. The molecular weight excluding hydrogens is 310 g/mol. The highest BCUT2D eigenvalue weighted by molar-refractivity contribution is 7.80. The van der Waals surface area contributed by atoms with Crippen molar-refractivity contribution in [1.29, 1.82) is 0 Å². The first-order chi connectivity index (χ1) is 10.5. The van der Waals surface area contributed by atoms with Gasteiger partial charge in [0.25, 0.3) is 0 Å². The SMILES string of the molecule is C=CC(=O)OCCNC(=O)N(C)CCOC(=O)NCCCS. The van der Waals surface area contributed by atoms with Gasteiger partial charge < -0.3 is 25.0 Å². The molecule has 0 atom stereocenters. The molecule has 0 aliphatic carbocycles. The second kappa shape index (κ2) is 12.8. The molecule has 0 aromatic rings. The van der Waals surface area contributed by atoms with E-state index in [2.05, 4.69) is 29.8 Å². The predicted molar refractivity (Wildman–Crippen MR) is 85.0 cm³/mol. The predicted octanol–water partition coefficient (Wildman–Crippen LogP) is 0.403. The fourth-order valence-corrected chi connectivity index (χ4v) is 1.36. The Bertz CT molecular complexity index is 379. The van der Waals surface area contributed by atoms with Crippen molar-refractivity contribution < 1.29 is 23.9 Å². The van der Waals surface area contributed by atoms with Crippen molar-refractivity contribution >= 4 is 30.7 Å².